The van der Waals surface area contributed by atoms with Crippen LogP contribution in [0.15, 0.2) is 24.3 Å². The summed E-state index contributed by atoms with van der Waals surface area (Å²) < 4.78 is 5.53. The number of thiophene rings is 1. The number of hydrogen-bond donors (Lipinski definition) is 2. The first kappa shape index (κ1) is 17.6. The lowest BCUT2D eigenvalue weighted by Crippen LogP contribution is -2.11. The lowest BCUT2D eigenvalue weighted by atomic mass is 10.1. The van der Waals surface area contributed by atoms with Crippen LogP contribution in [-0.4, -0.2) is 27.7 Å². The lowest BCUT2D eigenvalue weighted by molar-refractivity contribution is 0.103. The Labute approximate surface area is 163 Å². The molecular weight excluding hydrogens is 382 g/mol. The summed E-state index contributed by atoms with van der Waals surface area (Å²) in [6.07, 6.45) is 0.777. The Hall–Kier alpha value is -2.78. The lowest BCUT2D eigenvalue weighted by Gasteiger charge is -2.04. The Bertz CT molecular complexity index is 1150. The average molecular weight is 400 g/mol. The van der Waals surface area contributed by atoms with Gasteiger partial charge in [-0.05, 0) is 31.5 Å². The van der Waals surface area contributed by atoms with Crippen LogP contribution < -0.4 is 15.8 Å². The Morgan fingerprint density at radius 3 is 2.81 bits per heavy atom. The summed E-state index contributed by atoms with van der Waals surface area (Å²) >= 11 is 2.62. The van der Waals surface area contributed by atoms with Crippen molar-refractivity contribution in [2.24, 2.45) is 0 Å². The number of nitrogens with two attached hydrogens (primary N) is 1. The third kappa shape index (κ3) is 3.31. The zero-order valence-corrected chi connectivity index (χ0v) is 16.4. The summed E-state index contributed by atoms with van der Waals surface area (Å²) in [7, 11) is 0. The third-order valence-electron chi connectivity index (χ3n) is 3.99. The van der Waals surface area contributed by atoms with Crippen LogP contribution in [0.5, 0.6) is 5.75 Å². The third-order valence-corrected chi connectivity index (χ3v) is 6.09. The molecule has 4 aromatic rings. The van der Waals surface area contributed by atoms with E-state index in [0.717, 1.165) is 33.5 Å². The number of carbonyl (C=O) groups excluding carboxylic acids is 1. The number of aromatic nitrogens is 3. The topological polar surface area (TPSA) is 103 Å². The molecule has 0 saturated carbocycles. The summed E-state index contributed by atoms with van der Waals surface area (Å²) in [6.45, 7) is 4.52. The molecular formula is C18H17N5O2S2. The molecule has 138 valence electrons. The number of anilines is 2. The molecule has 0 atom stereocenters. The number of amides is 1. The Morgan fingerprint density at radius 2 is 2.07 bits per heavy atom. The molecule has 1 aromatic carbocycles. The second-order valence-corrected chi connectivity index (χ2v) is 7.84. The van der Waals surface area contributed by atoms with Crippen molar-refractivity contribution in [3.8, 4) is 5.75 Å². The van der Waals surface area contributed by atoms with E-state index in [4.69, 9.17) is 10.5 Å². The van der Waals surface area contributed by atoms with Gasteiger partial charge < -0.3 is 10.5 Å². The molecule has 0 bridgehead atoms. The van der Waals surface area contributed by atoms with E-state index in [1.807, 2.05) is 38.1 Å². The molecule has 4 rings (SSSR count). The molecule has 7 nitrogen and oxygen atoms in total. The second kappa shape index (κ2) is 7.09. The molecule has 3 aromatic heterocycles. The van der Waals surface area contributed by atoms with Gasteiger partial charge in [0, 0.05) is 16.8 Å². The minimum absolute atomic E-state index is 0.298. The van der Waals surface area contributed by atoms with Crippen molar-refractivity contribution in [2.45, 2.75) is 20.3 Å². The SMILES string of the molecule is CCOc1ccc2cc3c(N)c(C(=O)Nc4nnc(CC)s4)sc3nc2c1. The first-order chi connectivity index (χ1) is 13.1. The molecule has 3 N–H and O–H groups in total. The van der Waals surface area contributed by atoms with E-state index < -0.39 is 0 Å². The van der Waals surface area contributed by atoms with Crippen LogP contribution in [0.25, 0.3) is 21.1 Å². The van der Waals surface area contributed by atoms with Gasteiger partial charge in [0.15, 0.2) is 0 Å². The first-order valence-corrected chi connectivity index (χ1v) is 10.1. The summed E-state index contributed by atoms with van der Waals surface area (Å²) in [4.78, 5) is 18.4. The molecule has 3 heterocycles. The van der Waals surface area contributed by atoms with Gasteiger partial charge in [0.25, 0.3) is 5.91 Å². The zero-order valence-electron chi connectivity index (χ0n) is 14.8. The smallest absolute Gasteiger partial charge is 0.269 e. The summed E-state index contributed by atoms with van der Waals surface area (Å²) in [5.74, 6) is 0.468. The highest BCUT2D eigenvalue weighted by Crippen LogP contribution is 2.35. The van der Waals surface area contributed by atoms with Crippen molar-refractivity contribution in [2.75, 3.05) is 17.7 Å². The Balaban J connectivity index is 1.71. The van der Waals surface area contributed by atoms with Crippen LogP contribution >= 0.6 is 22.7 Å². The molecule has 0 fully saturated rings. The van der Waals surface area contributed by atoms with Crippen LogP contribution in [-0.2, 0) is 6.42 Å². The van der Waals surface area contributed by atoms with Crippen molar-refractivity contribution in [3.05, 3.63) is 34.2 Å². The minimum atomic E-state index is -0.298. The van der Waals surface area contributed by atoms with E-state index in [0.29, 0.717) is 27.1 Å². The summed E-state index contributed by atoms with van der Waals surface area (Å²) in [5.41, 5.74) is 7.48. The molecule has 0 aliphatic rings. The molecule has 1 amide bonds. The average Bonchev–Trinajstić information content (AvgIpc) is 3.24. The van der Waals surface area contributed by atoms with Gasteiger partial charge in [0.05, 0.1) is 17.8 Å². The normalized spacial score (nSPS) is 11.2. The number of rotatable bonds is 5. The van der Waals surface area contributed by atoms with Crippen molar-refractivity contribution < 1.29 is 9.53 Å². The van der Waals surface area contributed by atoms with Crippen LogP contribution in [0.2, 0.25) is 0 Å². The van der Waals surface area contributed by atoms with Crippen molar-refractivity contribution in [1.82, 2.24) is 15.2 Å². The molecule has 0 saturated heterocycles. The highest BCUT2D eigenvalue weighted by molar-refractivity contribution is 7.21. The Kier molecular flexibility index (Phi) is 4.63. The number of nitrogens with one attached hydrogen (secondary N) is 1. The van der Waals surface area contributed by atoms with Crippen LogP contribution in [0.1, 0.15) is 28.5 Å². The van der Waals surface area contributed by atoms with E-state index in [2.05, 4.69) is 20.5 Å². The fraction of sp³-hybridized carbons (Fsp3) is 0.222. The molecule has 9 heteroatoms. The summed E-state index contributed by atoms with van der Waals surface area (Å²) in [6, 6.07) is 7.69. The van der Waals surface area contributed by atoms with E-state index >= 15 is 0 Å². The van der Waals surface area contributed by atoms with Crippen LogP contribution in [0, 0.1) is 0 Å². The monoisotopic (exact) mass is 399 g/mol. The molecule has 0 radical (unpaired) electrons. The first-order valence-electron chi connectivity index (χ1n) is 8.48. The van der Waals surface area contributed by atoms with Gasteiger partial charge in [0.1, 0.15) is 20.5 Å². The maximum Gasteiger partial charge on any atom is 0.269 e. The largest absolute Gasteiger partial charge is 0.494 e. The van der Waals surface area contributed by atoms with E-state index in [-0.39, 0.29) is 5.91 Å². The number of pyridine rings is 1. The van der Waals surface area contributed by atoms with Gasteiger partial charge in [-0.2, -0.15) is 0 Å². The quantitative estimate of drug-likeness (QED) is 0.524. The van der Waals surface area contributed by atoms with Gasteiger partial charge in [-0.25, -0.2) is 4.98 Å². The number of nitrogens with zero attached hydrogens (tertiary/aromatic N) is 3. The van der Waals surface area contributed by atoms with Gasteiger partial charge in [-0.1, -0.05) is 18.3 Å². The molecule has 0 aliphatic carbocycles. The van der Waals surface area contributed by atoms with Crippen molar-refractivity contribution in [1.29, 1.82) is 0 Å². The number of fused-ring (bicyclic) bond motifs is 2. The molecule has 27 heavy (non-hydrogen) atoms. The van der Waals surface area contributed by atoms with Crippen LogP contribution in [0.4, 0.5) is 10.8 Å². The highest BCUT2D eigenvalue weighted by atomic mass is 32.1. The fourth-order valence-corrected chi connectivity index (χ4v) is 4.35. The van der Waals surface area contributed by atoms with Gasteiger partial charge in [-0.3, -0.25) is 10.1 Å². The maximum atomic E-state index is 12.6. The van der Waals surface area contributed by atoms with Gasteiger partial charge in [-0.15, -0.1) is 21.5 Å². The molecule has 0 spiro atoms. The number of ether oxygens (including phenoxy) is 1. The van der Waals surface area contributed by atoms with E-state index in [9.17, 15) is 4.79 Å². The number of hydrogen-bond acceptors (Lipinski definition) is 8. The van der Waals surface area contributed by atoms with E-state index in [1.54, 1.807) is 0 Å². The van der Waals surface area contributed by atoms with E-state index in [1.165, 1.54) is 22.7 Å². The highest BCUT2D eigenvalue weighted by Gasteiger charge is 2.19. The number of aryl methyl sites for hydroxylation is 1. The van der Waals surface area contributed by atoms with Crippen LogP contribution in [0.3, 0.4) is 0 Å². The molecule has 0 aliphatic heterocycles. The Morgan fingerprint density at radius 1 is 1.22 bits per heavy atom. The zero-order chi connectivity index (χ0) is 19.0. The minimum Gasteiger partial charge on any atom is -0.494 e. The second-order valence-electron chi connectivity index (χ2n) is 5.78. The maximum absolute atomic E-state index is 12.6. The number of nitrogen functional groups attached to an aromatic ring is 1. The van der Waals surface area contributed by atoms with Crippen molar-refractivity contribution >= 4 is 60.5 Å². The van der Waals surface area contributed by atoms with Gasteiger partial charge in [0.2, 0.25) is 5.13 Å². The predicted octanol–water partition coefficient (Wildman–Crippen LogP) is 4.10. The van der Waals surface area contributed by atoms with Gasteiger partial charge >= 0.3 is 0 Å². The predicted molar refractivity (Wildman–Crippen MR) is 110 cm³/mol. The standard InChI is InChI=1S/C18H17N5O2S2/c1-3-13-22-23-18(26-13)21-16(24)15-14(19)11-7-9-5-6-10(25-4-2)8-12(9)20-17(11)27-15/h5-8H,3-4,19H2,1-2H3,(H,21,23,24). The number of carbonyl (C=O) groups is 1. The summed E-state index contributed by atoms with van der Waals surface area (Å²) in [5, 5.41) is 13.8. The fourth-order valence-electron chi connectivity index (χ4n) is 2.70. The van der Waals surface area contributed by atoms with Crippen molar-refractivity contribution in [3.63, 3.8) is 0 Å². The number of benzene rings is 1. The molecule has 0 unspecified atom stereocenters.